The number of rotatable bonds is 0. The Balaban J connectivity index is 3.40. The average molecular weight is 232 g/mol. The Kier molecular flexibility index (Phi) is 2.53. The highest BCUT2D eigenvalue weighted by molar-refractivity contribution is 9.10. The van der Waals surface area contributed by atoms with E-state index in [1.165, 1.54) is 12.1 Å². The molecule has 0 N–H and O–H groups in total. The smallest absolute Gasteiger partial charge is 0.151 e. The summed E-state index contributed by atoms with van der Waals surface area (Å²) in [5.74, 6) is -0.493. The van der Waals surface area contributed by atoms with Gasteiger partial charge in [0.1, 0.15) is 6.07 Å². The second-order valence-electron chi connectivity index (χ2n) is 1.87. The van der Waals surface area contributed by atoms with Crippen molar-refractivity contribution in [3.8, 4) is 6.07 Å². The van der Waals surface area contributed by atoms with Crippen molar-refractivity contribution < 1.29 is 4.39 Å². The molecule has 0 aliphatic heterocycles. The van der Waals surface area contributed by atoms with Crippen molar-refractivity contribution in [2.75, 3.05) is 0 Å². The molecule has 56 valence electrons. The molecule has 0 saturated heterocycles. The lowest BCUT2D eigenvalue weighted by Crippen LogP contribution is -1.84. The molecule has 0 unspecified atom stereocenters. The van der Waals surface area contributed by atoms with E-state index in [1.54, 1.807) is 0 Å². The van der Waals surface area contributed by atoms with Crippen LogP contribution in [0.4, 0.5) is 4.39 Å². The van der Waals surface area contributed by atoms with Crippen LogP contribution in [-0.4, -0.2) is 0 Å². The first-order chi connectivity index (χ1) is 5.16. The molecule has 0 aliphatic rings. The van der Waals surface area contributed by atoms with E-state index < -0.39 is 5.82 Å². The summed E-state index contributed by atoms with van der Waals surface area (Å²) in [4.78, 5) is 0.232. The number of hydrogen-bond acceptors (Lipinski definition) is 2. The molecule has 11 heavy (non-hydrogen) atoms. The van der Waals surface area contributed by atoms with Gasteiger partial charge in [0.15, 0.2) is 5.82 Å². The maximum absolute atomic E-state index is 12.9. The van der Waals surface area contributed by atoms with Gasteiger partial charge in [0, 0.05) is 4.90 Å². The van der Waals surface area contributed by atoms with Crippen molar-refractivity contribution in [2.24, 2.45) is 0 Å². The Labute approximate surface area is 77.4 Å². The van der Waals surface area contributed by atoms with Crippen LogP contribution in [-0.2, 0) is 0 Å². The lowest BCUT2D eigenvalue weighted by Gasteiger charge is -1.98. The van der Waals surface area contributed by atoms with Crippen LogP contribution >= 0.6 is 28.6 Å². The van der Waals surface area contributed by atoms with E-state index in [0.717, 1.165) is 0 Å². The largest absolute Gasteiger partial charge is 0.204 e. The summed E-state index contributed by atoms with van der Waals surface area (Å²) in [5, 5.41) is 8.46. The monoisotopic (exact) mass is 231 g/mol. The third kappa shape index (κ3) is 1.55. The van der Waals surface area contributed by atoms with Gasteiger partial charge in [0.05, 0.1) is 10.0 Å². The van der Waals surface area contributed by atoms with Gasteiger partial charge in [-0.25, -0.2) is 4.39 Å². The van der Waals surface area contributed by atoms with Crippen molar-refractivity contribution in [1.82, 2.24) is 0 Å². The predicted octanol–water partition coefficient (Wildman–Crippen LogP) is 2.75. The summed E-state index contributed by atoms with van der Waals surface area (Å²) in [6.07, 6.45) is 0. The number of hydrogen-bond donors (Lipinski definition) is 1. The van der Waals surface area contributed by atoms with Crippen LogP contribution in [0.15, 0.2) is 21.5 Å². The van der Waals surface area contributed by atoms with Gasteiger partial charge in [-0.2, -0.15) is 5.26 Å². The Morgan fingerprint density at radius 3 is 2.73 bits per heavy atom. The molecule has 0 aliphatic carbocycles. The highest BCUT2D eigenvalue weighted by atomic mass is 79.9. The predicted molar refractivity (Wildman–Crippen MR) is 46.1 cm³/mol. The molecule has 0 atom stereocenters. The van der Waals surface area contributed by atoms with Gasteiger partial charge in [-0.15, -0.1) is 12.6 Å². The summed E-state index contributed by atoms with van der Waals surface area (Å²) < 4.78 is 13.1. The Morgan fingerprint density at radius 1 is 1.55 bits per heavy atom. The summed E-state index contributed by atoms with van der Waals surface area (Å²) in [5.41, 5.74) is 0.278. The van der Waals surface area contributed by atoms with Crippen molar-refractivity contribution in [3.05, 3.63) is 28.0 Å². The number of benzene rings is 1. The van der Waals surface area contributed by atoms with Crippen LogP contribution in [0.2, 0.25) is 0 Å². The third-order valence-corrected chi connectivity index (χ3v) is 2.30. The zero-order chi connectivity index (χ0) is 8.43. The fourth-order valence-corrected chi connectivity index (χ4v) is 1.40. The zero-order valence-corrected chi connectivity index (χ0v) is 7.79. The van der Waals surface area contributed by atoms with Gasteiger partial charge in [-0.05, 0) is 28.1 Å². The highest BCUT2D eigenvalue weighted by Crippen LogP contribution is 2.24. The van der Waals surface area contributed by atoms with Gasteiger partial charge in [0.2, 0.25) is 0 Å². The number of halogens is 2. The highest BCUT2D eigenvalue weighted by Gasteiger charge is 2.07. The second kappa shape index (κ2) is 3.24. The molecule has 1 aromatic carbocycles. The van der Waals surface area contributed by atoms with Gasteiger partial charge >= 0.3 is 0 Å². The van der Waals surface area contributed by atoms with E-state index in [-0.39, 0.29) is 14.9 Å². The first kappa shape index (κ1) is 8.57. The minimum absolute atomic E-state index is 0.174. The fraction of sp³-hybridized carbons (Fsp3) is 0. The molecular weight excluding hydrogens is 229 g/mol. The molecule has 0 heterocycles. The van der Waals surface area contributed by atoms with Gasteiger partial charge in [-0.1, -0.05) is 0 Å². The topological polar surface area (TPSA) is 23.8 Å². The lowest BCUT2D eigenvalue weighted by molar-refractivity contribution is 0.595. The molecule has 0 bridgehead atoms. The molecule has 0 radical (unpaired) electrons. The number of nitriles is 1. The fourth-order valence-electron chi connectivity index (χ4n) is 0.626. The zero-order valence-electron chi connectivity index (χ0n) is 5.31. The van der Waals surface area contributed by atoms with Gasteiger partial charge in [0.25, 0.3) is 0 Å². The summed E-state index contributed by atoms with van der Waals surface area (Å²) in [7, 11) is 0. The van der Waals surface area contributed by atoms with E-state index in [4.69, 9.17) is 5.26 Å². The standard InChI is InChI=1S/C7H3BrFNS/c8-6-4(3-10)1-2-5(11)7(6)9/h1-2,11H. The van der Waals surface area contributed by atoms with E-state index in [9.17, 15) is 4.39 Å². The van der Waals surface area contributed by atoms with Gasteiger partial charge in [-0.3, -0.25) is 0 Å². The number of nitrogens with zero attached hydrogens (tertiary/aromatic N) is 1. The normalized spacial score (nSPS) is 9.27. The SMILES string of the molecule is N#Cc1ccc(S)c(F)c1Br. The number of thiol groups is 1. The van der Waals surface area contributed by atoms with E-state index in [2.05, 4.69) is 28.6 Å². The van der Waals surface area contributed by atoms with E-state index in [1.807, 2.05) is 6.07 Å². The molecule has 0 fully saturated rings. The first-order valence-electron chi connectivity index (χ1n) is 2.74. The average Bonchev–Trinajstić information content (AvgIpc) is 2.01. The van der Waals surface area contributed by atoms with E-state index >= 15 is 0 Å². The van der Waals surface area contributed by atoms with Crippen LogP contribution in [0.25, 0.3) is 0 Å². The molecule has 0 spiro atoms. The Morgan fingerprint density at radius 2 is 2.18 bits per heavy atom. The van der Waals surface area contributed by atoms with Crippen molar-refractivity contribution in [2.45, 2.75) is 4.90 Å². The molecule has 4 heteroatoms. The van der Waals surface area contributed by atoms with Gasteiger partial charge < -0.3 is 0 Å². The minimum atomic E-state index is -0.493. The molecule has 1 nitrogen and oxygen atoms in total. The molecule has 1 aromatic rings. The van der Waals surface area contributed by atoms with Crippen LogP contribution in [0.5, 0.6) is 0 Å². The molecular formula is C7H3BrFNS. The Bertz CT molecular complexity index is 332. The molecule has 0 saturated carbocycles. The quantitative estimate of drug-likeness (QED) is 0.683. The minimum Gasteiger partial charge on any atom is -0.204 e. The van der Waals surface area contributed by atoms with Crippen molar-refractivity contribution in [1.29, 1.82) is 5.26 Å². The molecule has 0 amide bonds. The maximum Gasteiger partial charge on any atom is 0.151 e. The second-order valence-corrected chi connectivity index (χ2v) is 3.15. The van der Waals surface area contributed by atoms with Crippen LogP contribution in [0, 0.1) is 17.1 Å². The molecule has 0 aromatic heterocycles. The van der Waals surface area contributed by atoms with Crippen LogP contribution < -0.4 is 0 Å². The van der Waals surface area contributed by atoms with Crippen molar-refractivity contribution >= 4 is 28.6 Å². The Hall–Kier alpha value is -0.530. The molecule has 1 rings (SSSR count). The lowest BCUT2D eigenvalue weighted by atomic mass is 10.2. The van der Waals surface area contributed by atoms with Crippen molar-refractivity contribution in [3.63, 3.8) is 0 Å². The van der Waals surface area contributed by atoms with E-state index in [0.29, 0.717) is 0 Å². The third-order valence-electron chi connectivity index (χ3n) is 1.18. The summed E-state index contributed by atoms with van der Waals surface area (Å²) >= 11 is 6.78. The van der Waals surface area contributed by atoms with Crippen LogP contribution in [0.1, 0.15) is 5.56 Å². The maximum atomic E-state index is 12.9. The summed E-state index contributed by atoms with van der Waals surface area (Å²) in [6.45, 7) is 0. The first-order valence-corrected chi connectivity index (χ1v) is 3.98. The van der Waals surface area contributed by atoms with Crippen LogP contribution in [0.3, 0.4) is 0 Å². The summed E-state index contributed by atoms with van der Waals surface area (Å²) in [6, 6.07) is 4.80.